The van der Waals surface area contributed by atoms with Crippen LogP contribution in [0, 0.1) is 5.82 Å². The number of rotatable bonds is 8. The first-order valence-electron chi connectivity index (χ1n) is 12.7. The number of hydrogen-bond acceptors (Lipinski definition) is 4. The second-order valence-electron chi connectivity index (χ2n) is 9.23. The molecule has 0 aliphatic carbocycles. The molecule has 2 heterocycles. The zero-order valence-electron chi connectivity index (χ0n) is 21.2. The molecular formula is C31H29FN2O4. The third-order valence-electron chi connectivity index (χ3n) is 6.72. The van der Waals surface area contributed by atoms with Crippen LogP contribution >= 0.6 is 0 Å². The van der Waals surface area contributed by atoms with Crippen molar-refractivity contribution in [2.45, 2.75) is 39.0 Å². The van der Waals surface area contributed by atoms with Gasteiger partial charge in [0, 0.05) is 19.5 Å². The number of fused-ring (bicyclic) bond motifs is 1. The second-order valence-corrected chi connectivity index (χ2v) is 9.23. The Balaban J connectivity index is 1.27. The van der Waals surface area contributed by atoms with Crippen LogP contribution in [-0.4, -0.2) is 23.3 Å². The molecule has 6 nitrogen and oxygen atoms in total. The van der Waals surface area contributed by atoms with Crippen molar-refractivity contribution in [1.82, 2.24) is 10.2 Å². The predicted octanol–water partition coefficient (Wildman–Crippen LogP) is 5.81. The minimum Gasteiger partial charge on any atom is -0.486 e. The summed E-state index contributed by atoms with van der Waals surface area (Å²) in [4.78, 5) is 27.2. The normalized spacial score (nSPS) is 14.6. The molecule has 2 amide bonds. The van der Waals surface area contributed by atoms with Gasteiger partial charge < -0.3 is 19.4 Å². The van der Waals surface area contributed by atoms with Gasteiger partial charge in [-0.1, -0.05) is 55.5 Å². The molecule has 0 unspecified atom stereocenters. The van der Waals surface area contributed by atoms with Crippen molar-refractivity contribution in [3.63, 3.8) is 0 Å². The summed E-state index contributed by atoms with van der Waals surface area (Å²) in [7, 11) is 0. The Hall–Kier alpha value is -4.39. The topological polar surface area (TPSA) is 71.8 Å². The molecule has 38 heavy (non-hydrogen) atoms. The monoisotopic (exact) mass is 512 g/mol. The highest BCUT2D eigenvalue weighted by Gasteiger charge is 2.31. The van der Waals surface area contributed by atoms with E-state index in [0.29, 0.717) is 24.5 Å². The maximum Gasteiger partial charge on any atom is 0.287 e. The van der Waals surface area contributed by atoms with E-state index >= 15 is 0 Å². The molecule has 194 valence electrons. The van der Waals surface area contributed by atoms with Gasteiger partial charge in [0.25, 0.3) is 5.91 Å². The van der Waals surface area contributed by atoms with Crippen LogP contribution in [-0.2, 0) is 24.4 Å². The van der Waals surface area contributed by atoms with Crippen LogP contribution < -0.4 is 10.1 Å². The van der Waals surface area contributed by atoms with Gasteiger partial charge >= 0.3 is 0 Å². The SMILES string of the molecule is CCC(=O)N1CCc2ccc(OCc3ccc(C(=O)NCc4ccc(F)cc4)o3)cc2[C@H]1c1ccccc1. The summed E-state index contributed by atoms with van der Waals surface area (Å²) >= 11 is 0. The Morgan fingerprint density at radius 3 is 2.58 bits per heavy atom. The van der Waals surface area contributed by atoms with Crippen molar-refractivity contribution >= 4 is 11.8 Å². The van der Waals surface area contributed by atoms with Crippen LogP contribution in [0.2, 0.25) is 0 Å². The van der Waals surface area contributed by atoms with Crippen molar-refractivity contribution in [1.29, 1.82) is 0 Å². The molecule has 7 heteroatoms. The first-order valence-corrected chi connectivity index (χ1v) is 12.7. The van der Waals surface area contributed by atoms with Gasteiger partial charge in [-0.25, -0.2) is 4.39 Å². The highest BCUT2D eigenvalue weighted by molar-refractivity contribution is 5.91. The average Bonchev–Trinajstić information content (AvgIpc) is 3.44. The lowest BCUT2D eigenvalue weighted by Gasteiger charge is -2.38. The van der Waals surface area contributed by atoms with Crippen LogP contribution in [0.4, 0.5) is 4.39 Å². The zero-order valence-corrected chi connectivity index (χ0v) is 21.2. The van der Waals surface area contributed by atoms with Gasteiger partial charge in [0.05, 0.1) is 6.04 Å². The van der Waals surface area contributed by atoms with E-state index < -0.39 is 0 Å². The number of halogens is 1. The molecule has 0 saturated carbocycles. The van der Waals surface area contributed by atoms with E-state index in [-0.39, 0.29) is 42.6 Å². The summed E-state index contributed by atoms with van der Waals surface area (Å²) < 4.78 is 24.8. The van der Waals surface area contributed by atoms with E-state index in [9.17, 15) is 14.0 Å². The first kappa shape index (κ1) is 25.3. The fraction of sp³-hybridized carbons (Fsp3) is 0.226. The third-order valence-corrected chi connectivity index (χ3v) is 6.72. The molecule has 5 rings (SSSR count). The van der Waals surface area contributed by atoms with Crippen LogP contribution in [0.5, 0.6) is 5.75 Å². The standard InChI is InChI=1S/C31H29FN2O4/c1-2-29(35)34-17-16-22-10-13-25(18-27(22)30(34)23-6-4-3-5-7-23)37-20-26-14-15-28(38-26)31(36)33-19-21-8-11-24(32)12-9-21/h3-15,18,30H,2,16-17,19-20H2,1H3,(H,33,36)/t30-/m1/s1. The van der Waals surface area contributed by atoms with Crippen molar-refractivity contribution in [2.75, 3.05) is 6.54 Å². The average molecular weight is 513 g/mol. The maximum absolute atomic E-state index is 13.1. The lowest BCUT2D eigenvalue weighted by atomic mass is 9.87. The molecule has 1 N–H and O–H groups in total. The van der Waals surface area contributed by atoms with E-state index in [0.717, 1.165) is 23.1 Å². The summed E-state index contributed by atoms with van der Waals surface area (Å²) in [6, 6.07) is 25.1. The summed E-state index contributed by atoms with van der Waals surface area (Å²) in [5, 5.41) is 2.77. The number of ether oxygens (including phenoxy) is 1. The maximum atomic E-state index is 13.1. The Bertz CT molecular complexity index is 1420. The van der Waals surface area contributed by atoms with E-state index in [1.807, 2.05) is 42.2 Å². The number of nitrogens with one attached hydrogen (secondary N) is 1. The highest BCUT2D eigenvalue weighted by Crippen LogP contribution is 2.37. The van der Waals surface area contributed by atoms with E-state index in [1.54, 1.807) is 24.3 Å². The highest BCUT2D eigenvalue weighted by atomic mass is 19.1. The molecule has 1 aliphatic rings. The number of benzene rings is 3. The molecular weight excluding hydrogens is 483 g/mol. The van der Waals surface area contributed by atoms with Gasteiger partial charge in [-0.05, 0) is 65.1 Å². The number of furan rings is 1. The largest absolute Gasteiger partial charge is 0.486 e. The molecule has 0 saturated heterocycles. The molecule has 4 aromatic rings. The number of carbonyl (C=O) groups excluding carboxylic acids is 2. The number of carbonyl (C=O) groups is 2. The van der Waals surface area contributed by atoms with Gasteiger partial charge in [-0.15, -0.1) is 0 Å². The third kappa shape index (κ3) is 5.62. The smallest absolute Gasteiger partial charge is 0.287 e. The van der Waals surface area contributed by atoms with E-state index in [2.05, 4.69) is 23.5 Å². The number of hydrogen-bond donors (Lipinski definition) is 1. The molecule has 1 aliphatic heterocycles. The Morgan fingerprint density at radius 2 is 1.82 bits per heavy atom. The van der Waals surface area contributed by atoms with Crippen LogP contribution in [0.25, 0.3) is 0 Å². The molecule has 0 spiro atoms. The van der Waals surface area contributed by atoms with E-state index in [4.69, 9.17) is 9.15 Å². The molecule has 3 aromatic carbocycles. The number of amides is 2. The first-order chi connectivity index (χ1) is 18.5. The molecule has 1 atom stereocenters. The fourth-order valence-corrected chi connectivity index (χ4v) is 4.75. The van der Waals surface area contributed by atoms with Crippen LogP contribution in [0.15, 0.2) is 89.3 Å². The van der Waals surface area contributed by atoms with Crippen molar-refractivity contribution in [3.05, 3.63) is 125 Å². The second kappa shape index (κ2) is 11.3. The molecule has 0 radical (unpaired) electrons. The fourth-order valence-electron chi connectivity index (χ4n) is 4.75. The van der Waals surface area contributed by atoms with Gasteiger partial charge in [0.15, 0.2) is 5.76 Å². The number of nitrogens with zero attached hydrogens (tertiary/aromatic N) is 1. The Labute approximate surface area is 221 Å². The zero-order chi connectivity index (χ0) is 26.5. The van der Waals surface area contributed by atoms with Crippen molar-refractivity contribution < 1.29 is 23.1 Å². The van der Waals surface area contributed by atoms with Gasteiger partial charge in [0.1, 0.15) is 23.9 Å². The summed E-state index contributed by atoms with van der Waals surface area (Å²) in [6.07, 6.45) is 1.24. The van der Waals surface area contributed by atoms with Crippen molar-refractivity contribution in [3.8, 4) is 5.75 Å². The van der Waals surface area contributed by atoms with Gasteiger partial charge in [-0.3, -0.25) is 9.59 Å². The quantitative estimate of drug-likeness (QED) is 0.323. The van der Waals surface area contributed by atoms with E-state index in [1.165, 1.54) is 17.7 Å². The Morgan fingerprint density at radius 1 is 1.03 bits per heavy atom. The minimum absolute atomic E-state index is 0.122. The molecule has 0 bridgehead atoms. The molecule has 0 fully saturated rings. The summed E-state index contributed by atoms with van der Waals surface area (Å²) in [6.45, 7) is 2.98. The summed E-state index contributed by atoms with van der Waals surface area (Å²) in [5.41, 5.74) is 4.11. The van der Waals surface area contributed by atoms with Crippen LogP contribution in [0.3, 0.4) is 0 Å². The summed E-state index contributed by atoms with van der Waals surface area (Å²) in [5.74, 6) is 0.787. The van der Waals surface area contributed by atoms with Gasteiger partial charge in [-0.2, -0.15) is 0 Å². The van der Waals surface area contributed by atoms with Crippen LogP contribution in [0.1, 0.15) is 58.0 Å². The lowest BCUT2D eigenvalue weighted by Crippen LogP contribution is -2.40. The minimum atomic E-state index is -0.360. The molecule has 1 aromatic heterocycles. The Kier molecular flexibility index (Phi) is 7.54. The van der Waals surface area contributed by atoms with Gasteiger partial charge in [0.2, 0.25) is 5.91 Å². The predicted molar refractivity (Wildman–Crippen MR) is 141 cm³/mol. The lowest BCUT2D eigenvalue weighted by molar-refractivity contribution is -0.132. The van der Waals surface area contributed by atoms with Crippen molar-refractivity contribution in [2.24, 2.45) is 0 Å².